The second-order valence-electron chi connectivity index (χ2n) is 5.51. The third kappa shape index (κ3) is 5.61. The maximum absolute atomic E-state index is 12.3. The Bertz CT molecular complexity index is 1090. The highest BCUT2D eigenvalue weighted by atomic mass is 32.2. The minimum absolute atomic E-state index is 0.197. The first-order chi connectivity index (χ1) is 13.0. The van der Waals surface area contributed by atoms with E-state index in [4.69, 9.17) is 9.57 Å². The average molecular weight is 430 g/mol. The number of amides is 2. The molecule has 0 saturated carbocycles. The standard InChI is InChI=1S/C15H18N4O7S2/c1-10-8-14(25-2)17-13(16-10)9-26-18-15(20)19-28(23,24)12-7-5-4-6-11(12)27(3,21)22/h4-8H,9H2,1-3H3,(H2,18,19,20). The lowest BCUT2D eigenvalue weighted by atomic mass is 10.4. The maximum Gasteiger partial charge on any atom is 0.352 e. The van der Waals surface area contributed by atoms with Gasteiger partial charge in [0.05, 0.1) is 12.0 Å². The van der Waals surface area contributed by atoms with Gasteiger partial charge in [-0.25, -0.2) is 36.8 Å². The molecule has 0 unspecified atom stereocenters. The van der Waals surface area contributed by atoms with Crippen molar-refractivity contribution >= 4 is 25.9 Å². The lowest BCUT2D eigenvalue weighted by Gasteiger charge is -2.11. The number of hydrogen-bond donors (Lipinski definition) is 2. The Morgan fingerprint density at radius 3 is 2.36 bits per heavy atom. The highest BCUT2D eigenvalue weighted by Gasteiger charge is 2.25. The Morgan fingerprint density at radius 2 is 1.75 bits per heavy atom. The van der Waals surface area contributed by atoms with Gasteiger partial charge in [-0.1, -0.05) is 12.1 Å². The summed E-state index contributed by atoms with van der Waals surface area (Å²) < 4.78 is 54.8. The summed E-state index contributed by atoms with van der Waals surface area (Å²) in [6.07, 6.45) is 0.862. The molecule has 0 atom stereocenters. The third-order valence-corrected chi connectivity index (χ3v) is 5.89. The fraction of sp³-hybridized carbons (Fsp3) is 0.267. The third-order valence-electron chi connectivity index (χ3n) is 3.22. The number of nitrogens with zero attached hydrogens (tertiary/aromatic N) is 2. The number of benzene rings is 1. The number of nitrogens with one attached hydrogen (secondary N) is 2. The molecule has 0 spiro atoms. The Hall–Kier alpha value is -2.77. The summed E-state index contributed by atoms with van der Waals surface area (Å²) in [5, 5.41) is 0. The lowest BCUT2D eigenvalue weighted by Crippen LogP contribution is -2.39. The number of aromatic nitrogens is 2. The number of carbonyl (C=O) groups excluding carboxylic acids is 1. The van der Waals surface area contributed by atoms with Crippen LogP contribution in [0.2, 0.25) is 0 Å². The van der Waals surface area contributed by atoms with Crippen molar-refractivity contribution in [3.05, 3.63) is 41.9 Å². The largest absolute Gasteiger partial charge is 0.481 e. The summed E-state index contributed by atoms with van der Waals surface area (Å²) in [5.74, 6) is 0.498. The lowest BCUT2D eigenvalue weighted by molar-refractivity contribution is 0.0466. The quantitative estimate of drug-likeness (QED) is 0.591. The molecule has 2 rings (SSSR count). The molecule has 2 aromatic rings. The zero-order chi connectivity index (χ0) is 20.9. The molecule has 1 aromatic carbocycles. The number of hydroxylamine groups is 1. The van der Waals surface area contributed by atoms with Gasteiger partial charge in [0.15, 0.2) is 15.7 Å². The zero-order valence-corrected chi connectivity index (χ0v) is 16.8. The molecule has 0 aliphatic rings. The van der Waals surface area contributed by atoms with Gasteiger partial charge < -0.3 is 4.74 Å². The van der Waals surface area contributed by atoms with Crippen LogP contribution < -0.4 is 14.9 Å². The topological polar surface area (TPSA) is 154 Å². The molecule has 1 aromatic heterocycles. The van der Waals surface area contributed by atoms with Crippen molar-refractivity contribution in [2.75, 3.05) is 13.4 Å². The molecule has 13 heteroatoms. The van der Waals surface area contributed by atoms with Crippen molar-refractivity contribution in [3.8, 4) is 5.88 Å². The molecular formula is C15H18N4O7S2. The van der Waals surface area contributed by atoms with Gasteiger partial charge in [-0.15, -0.1) is 0 Å². The molecule has 0 radical (unpaired) electrons. The summed E-state index contributed by atoms with van der Waals surface area (Å²) in [4.78, 5) is 23.8. The molecule has 11 nitrogen and oxygen atoms in total. The van der Waals surface area contributed by atoms with Crippen molar-refractivity contribution in [1.29, 1.82) is 0 Å². The average Bonchev–Trinajstić information content (AvgIpc) is 2.60. The van der Waals surface area contributed by atoms with E-state index in [1.165, 1.54) is 19.2 Å². The van der Waals surface area contributed by atoms with Crippen LogP contribution in [0.4, 0.5) is 4.79 Å². The highest BCUT2D eigenvalue weighted by molar-refractivity contribution is 7.93. The van der Waals surface area contributed by atoms with E-state index in [9.17, 15) is 21.6 Å². The number of urea groups is 1. The SMILES string of the molecule is COc1cc(C)nc(CONC(=O)NS(=O)(=O)c2ccccc2S(C)(=O)=O)n1. The van der Waals surface area contributed by atoms with Crippen molar-refractivity contribution < 1.29 is 31.2 Å². The van der Waals surface area contributed by atoms with E-state index < -0.39 is 35.7 Å². The van der Waals surface area contributed by atoms with Gasteiger partial charge >= 0.3 is 6.03 Å². The predicted molar refractivity (Wildman–Crippen MR) is 96.5 cm³/mol. The van der Waals surface area contributed by atoms with Crippen LogP contribution in [0.1, 0.15) is 11.5 Å². The Labute approximate surface area is 162 Å². The van der Waals surface area contributed by atoms with Gasteiger partial charge in [0.25, 0.3) is 10.0 Å². The summed E-state index contributed by atoms with van der Waals surface area (Å²) in [5.41, 5.74) is 2.48. The van der Waals surface area contributed by atoms with Gasteiger partial charge in [-0.05, 0) is 19.1 Å². The minimum Gasteiger partial charge on any atom is -0.481 e. The molecular weight excluding hydrogens is 412 g/mol. The van der Waals surface area contributed by atoms with Crippen LogP contribution in [-0.2, 0) is 31.3 Å². The van der Waals surface area contributed by atoms with Crippen LogP contribution in [0.5, 0.6) is 5.88 Å². The van der Waals surface area contributed by atoms with Crippen LogP contribution in [0.25, 0.3) is 0 Å². The number of hydrogen-bond acceptors (Lipinski definition) is 9. The van der Waals surface area contributed by atoms with E-state index in [-0.39, 0.29) is 12.4 Å². The zero-order valence-electron chi connectivity index (χ0n) is 15.2. The maximum atomic E-state index is 12.3. The fourth-order valence-electron chi connectivity index (χ4n) is 2.11. The summed E-state index contributed by atoms with van der Waals surface area (Å²) in [6, 6.07) is 5.27. The van der Waals surface area contributed by atoms with Crippen molar-refractivity contribution in [2.24, 2.45) is 0 Å². The number of rotatable bonds is 7. The van der Waals surface area contributed by atoms with Crippen molar-refractivity contribution in [3.63, 3.8) is 0 Å². The van der Waals surface area contributed by atoms with E-state index in [1.807, 2.05) is 5.48 Å². The van der Waals surface area contributed by atoms with Crippen LogP contribution in [0, 0.1) is 6.92 Å². The number of sulfone groups is 1. The van der Waals surface area contributed by atoms with E-state index >= 15 is 0 Å². The molecule has 0 bridgehead atoms. The Kier molecular flexibility index (Phi) is 6.53. The number of sulfonamides is 1. The first-order valence-electron chi connectivity index (χ1n) is 7.65. The molecule has 152 valence electrons. The summed E-state index contributed by atoms with van der Waals surface area (Å²) in [6.45, 7) is 1.45. The van der Waals surface area contributed by atoms with Gasteiger partial charge in [-0.3, -0.25) is 4.84 Å². The van der Waals surface area contributed by atoms with Gasteiger partial charge in [0.1, 0.15) is 11.5 Å². The van der Waals surface area contributed by atoms with Crippen molar-refractivity contribution in [2.45, 2.75) is 23.3 Å². The minimum atomic E-state index is -4.46. The fourth-order valence-corrected chi connectivity index (χ4v) is 4.64. The molecule has 2 N–H and O–H groups in total. The van der Waals surface area contributed by atoms with E-state index in [2.05, 4.69) is 9.97 Å². The van der Waals surface area contributed by atoms with Crippen LogP contribution in [0.15, 0.2) is 40.1 Å². The molecule has 2 amide bonds. The molecule has 1 heterocycles. The molecule has 0 fully saturated rings. The van der Waals surface area contributed by atoms with E-state index in [0.717, 1.165) is 18.4 Å². The normalized spacial score (nSPS) is 11.7. The first-order valence-corrected chi connectivity index (χ1v) is 11.0. The van der Waals surface area contributed by atoms with E-state index in [1.54, 1.807) is 17.7 Å². The number of carbonyl (C=O) groups is 1. The van der Waals surface area contributed by atoms with E-state index in [0.29, 0.717) is 11.6 Å². The summed E-state index contributed by atoms with van der Waals surface area (Å²) >= 11 is 0. The van der Waals surface area contributed by atoms with Gasteiger partial charge in [0, 0.05) is 18.0 Å². The molecule has 28 heavy (non-hydrogen) atoms. The molecule has 0 aliphatic carbocycles. The summed E-state index contributed by atoms with van der Waals surface area (Å²) in [7, 11) is -6.86. The number of aryl methyl sites for hydroxylation is 1. The van der Waals surface area contributed by atoms with Crippen LogP contribution in [0.3, 0.4) is 0 Å². The predicted octanol–water partition coefficient (Wildman–Crippen LogP) is 0.317. The molecule has 0 saturated heterocycles. The second kappa shape index (κ2) is 8.50. The van der Waals surface area contributed by atoms with Crippen LogP contribution >= 0.6 is 0 Å². The smallest absolute Gasteiger partial charge is 0.352 e. The van der Waals surface area contributed by atoms with Gasteiger partial charge in [0.2, 0.25) is 5.88 Å². The van der Waals surface area contributed by atoms with Gasteiger partial charge in [-0.2, -0.15) is 4.98 Å². The monoisotopic (exact) mass is 430 g/mol. The highest BCUT2D eigenvalue weighted by Crippen LogP contribution is 2.20. The first kappa shape index (κ1) is 21.5. The Balaban J connectivity index is 2.04. The number of methoxy groups -OCH3 is 1. The molecule has 0 aliphatic heterocycles. The Morgan fingerprint density at radius 1 is 1.11 bits per heavy atom. The van der Waals surface area contributed by atoms with Crippen molar-refractivity contribution in [1.82, 2.24) is 20.2 Å². The number of ether oxygens (including phenoxy) is 1. The second-order valence-corrected chi connectivity index (χ2v) is 9.15. The van der Waals surface area contributed by atoms with Crippen LogP contribution in [-0.4, -0.2) is 46.2 Å².